The Hall–Kier alpha value is -2.29. The van der Waals surface area contributed by atoms with Crippen LogP contribution in [0.25, 0.3) is 0 Å². The molecule has 0 fully saturated rings. The Kier molecular flexibility index (Phi) is 3.19. The predicted octanol–water partition coefficient (Wildman–Crippen LogP) is 1.37. The second kappa shape index (κ2) is 5.01. The molecule has 4 nitrogen and oxygen atoms in total. The summed E-state index contributed by atoms with van der Waals surface area (Å²) in [5.41, 5.74) is 3.05. The second-order valence-electron chi connectivity index (χ2n) is 4.57. The summed E-state index contributed by atoms with van der Waals surface area (Å²) in [6.07, 6.45) is -0.345. The molecule has 20 heavy (non-hydrogen) atoms. The first kappa shape index (κ1) is 12.7. The maximum Gasteiger partial charge on any atom is 0.496 e. The average molecular weight is 265 g/mol. The largest absolute Gasteiger partial charge is 0.497 e. The van der Waals surface area contributed by atoms with Crippen molar-refractivity contribution in [3.63, 3.8) is 0 Å². The van der Waals surface area contributed by atoms with Crippen molar-refractivity contribution in [3.05, 3.63) is 59.2 Å². The van der Waals surface area contributed by atoms with Gasteiger partial charge in [-0.25, -0.2) is 0 Å². The number of benzene rings is 2. The first-order valence-electron chi connectivity index (χ1n) is 6.25. The van der Waals surface area contributed by atoms with Gasteiger partial charge in [0.2, 0.25) is 0 Å². The number of fused-ring (bicyclic) bond motifs is 1. The smallest absolute Gasteiger partial charge is 0.496 e. The minimum atomic E-state index is -0.998. The van der Waals surface area contributed by atoms with E-state index in [4.69, 9.17) is 14.7 Å². The van der Waals surface area contributed by atoms with Gasteiger partial charge in [0.05, 0.1) is 24.8 Å². The third-order valence-corrected chi connectivity index (χ3v) is 3.46. The summed E-state index contributed by atoms with van der Waals surface area (Å²) in [6.45, 7) is 0. The first-order chi connectivity index (χ1) is 9.74. The van der Waals surface area contributed by atoms with Crippen LogP contribution < -0.4 is 10.2 Å². The molecular formula is C15H12BNO3. The Morgan fingerprint density at radius 1 is 1.25 bits per heavy atom. The quantitative estimate of drug-likeness (QED) is 0.833. The molecule has 5 heteroatoms. The van der Waals surface area contributed by atoms with Gasteiger partial charge in [-0.05, 0) is 29.3 Å². The predicted molar refractivity (Wildman–Crippen MR) is 74.7 cm³/mol. The van der Waals surface area contributed by atoms with Gasteiger partial charge in [-0.3, -0.25) is 0 Å². The van der Waals surface area contributed by atoms with Gasteiger partial charge in [0, 0.05) is 5.46 Å². The Morgan fingerprint density at radius 2 is 2.00 bits per heavy atom. The van der Waals surface area contributed by atoms with Crippen LogP contribution in [0.2, 0.25) is 0 Å². The van der Waals surface area contributed by atoms with Crippen molar-refractivity contribution in [1.29, 1.82) is 5.26 Å². The number of methoxy groups -OCH3 is 1. The van der Waals surface area contributed by atoms with Crippen LogP contribution in [0.3, 0.4) is 0 Å². The van der Waals surface area contributed by atoms with Gasteiger partial charge < -0.3 is 14.4 Å². The highest BCUT2D eigenvalue weighted by Crippen LogP contribution is 2.33. The molecular weight excluding hydrogens is 253 g/mol. The number of rotatable bonds is 2. The highest BCUT2D eigenvalue weighted by Gasteiger charge is 2.38. The Morgan fingerprint density at radius 3 is 2.65 bits per heavy atom. The summed E-state index contributed by atoms with van der Waals surface area (Å²) < 4.78 is 10.9. The maximum atomic E-state index is 10.1. The van der Waals surface area contributed by atoms with E-state index in [0.29, 0.717) is 16.8 Å². The Bertz CT molecular complexity index is 679. The third-order valence-electron chi connectivity index (χ3n) is 3.46. The topological polar surface area (TPSA) is 62.5 Å². The number of nitrogens with zero attached hydrogens (tertiary/aromatic N) is 1. The highest BCUT2D eigenvalue weighted by atomic mass is 16.5. The van der Waals surface area contributed by atoms with E-state index >= 15 is 0 Å². The van der Waals surface area contributed by atoms with Crippen LogP contribution in [0.1, 0.15) is 22.8 Å². The molecule has 0 aromatic heterocycles. The van der Waals surface area contributed by atoms with Crippen molar-refractivity contribution in [3.8, 4) is 11.8 Å². The third kappa shape index (κ3) is 1.96. The van der Waals surface area contributed by atoms with E-state index in [2.05, 4.69) is 6.07 Å². The molecule has 1 heterocycles. The molecule has 0 spiro atoms. The number of hydrogen-bond donors (Lipinski definition) is 1. The molecule has 1 aliphatic heterocycles. The minimum absolute atomic E-state index is 0.345. The fraction of sp³-hybridized carbons (Fsp3) is 0.133. The lowest BCUT2D eigenvalue weighted by Crippen LogP contribution is -2.29. The van der Waals surface area contributed by atoms with E-state index in [-0.39, 0.29) is 6.10 Å². The van der Waals surface area contributed by atoms with Crippen LogP contribution in [0.4, 0.5) is 0 Å². The van der Waals surface area contributed by atoms with Crippen LogP contribution in [0.5, 0.6) is 5.75 Å². The molecule has 0 radical (unpaired) electrons. The summed E-state index contributed by atoms with van der Waals surface area (Å²) in [6, 6.07) is 14.8. The van der Waals surface area contributed by atoms with E-state index in [9.17, 15) is 5.02 Å². The lowest BCUT2D eigenvalue weighted by molar-refractivity contribution is 0.226. The van der Waals surface area contributed by atoms with E-state index < -0.39 is 7.12 Å². The molecule has 0 aliphatic carbocycles. The van der Waals surface area contributed by atoms with Crippen molar-refractivity contribution in [2.75, 3.05) is 7.11 Å². The fourth-order valence-corrected chi connectivity index (χ4v) is 2.49. The molecule has 1 unspecified atom stereocenters. The zero-order valence-electron chi connectivity index (χ0n) is 10.9. The van der Waals surface area contributed by atoms with Crippen LogP contribution in [-0.2, 0) is 4.65 Å². The number of nitriles is 1. The van der Waals surface area contributed by atoms with Crippen molar-refractivity contribution in [1.82, 2.24) is 0 Å². The van der Waals surface area contributed by atoms with Crippen molar-refractivity contribution in [2.24, 2.45) is 0 Å². The van der Waals surface area contributed by atoms with Gasteiger partial charge in [-0.2, -0.15) is 5.26 Å². The molecule has 2 aromatic carbocycles. The second-order valence-corrected chi connectivity index (χ2v) is 4.57. The molecule has 2 aromatic rings. The lowest BCUT2D eigenvalue weighted by Gasteiger charge is -2.13. The molecule has 1 aliphatic rings. The van der Waals surface area contributed by atoms with Gasteiger partial charge in [-0.1, -0.05) is 24.3 Å². The molecule has 0 amide bonds. The maximum absolute atomic E-state index is 10.1. The molecule has 0 bridgehead atoms. The summed E-state index contributed by atoms with van der Waals surface area (Å²) in [5.74, 6) is 0.617. The summed E-state index contributed by atoms with van der Waals surface area (Å²) in [5, 5.41) is 18.9. The molecule has 1 N–H and O–H groups in total. The van der Waals surface area contributed by atoms with Gasteiger partial charge >= 0.3 is 7.12 Å². The van der Waals surface area contributed by atoms with Crippen LogP contribution in [0.15, 0.2) is 42.5 Å². The Labute approximate surface area is 117 Å². The Balaban J connectivity index is 2.04. The standard InChI is InChI=1S/C15H12BNO3/c1-19-13-4-2-3-12-14(13)16(18)20-15(12)11-7-5-10(9-17)6-8-11/h2-8,15,18H,1H3. The minimum Gasteiger partial charge on any atom is -0.497 e. The van der Waals surface area contributed by atoms with Gasteiger partial charge in [0.1, 0.15) is 5.75 Å². The van der Waals surface area contributed by atoms with E-state index in [1.165, 1.54) is 0 Å². The molecule has 0 saturated carbocycles. The van der Waals surface area contributed by atoms with Gasteiger partial charge in [0.15, 0.2) is 0 Å². The molecule has 98 valence electrons. The number of ether oxygens (including phenoxy) is 1. The van der Waals surface area contributed by atoms with Crippen molar-refractivity contribution < 1.29 is 14.4 Å². The van der Waals surface area contributed by atoms with E-state index in [1.807, 2.05) is 24.3 Å². The lowest BCUT2D eigenvalue weighted by atomic mass is 9.78. The van der Waals surface area contributed by atoms with Crippen LogP contribution in [0, 0.1) is 11.3 Å². The van der Waals surface area contributed by atoms with Crippen molar-refractivity contribution >= 4 is 12.6 Å². The van der Waals surface area contributed by atoms with E-state index in [0.717, 1.165) is 11.1 Å². The SMILES string of the molecule is COc1cccc2c1B(O)OC2c1ccc(C#N)cc1. The summed E-state index contributed by atoms with van der Waals surface area (Å²) in [7, 11) is 0.568. The van der Waals surface area contributed by atoms with Crippen LogP contribution in [-0.4, -0.2) is 19.3 Å². The summed E-state index contributed by atoms with van der Waals surface area (Å²) >= 11 is 0. The zero-order valence-corrected chi connectivity index (χ0v) is 10.9. The fourth-order valence-electron chi connectivity index (χ4n) is 2.49. The normalized spacial score (nSPS) is 16.6. The molecule has 1 atom stereocenters. The van der Waals surface area contributed by atoms with Gasteiger partial charge in [0.25, 0.3) is 0 Å². The van der Waals surface area contributed by atoms with Crippen molar-refractivity contribution in [2.45, 2.75) is 6.10 Å². The van der Waals surface area contributed by atoms with Crippen LogP contribution >= 0.6 is 0 Å². The first-order valence-corrected chi connectivity index (χ1v) is 6.25. The monoisotopic (exact) mass is 265 g/mol. The van der Waals surface area contributed by atoms with E-state index in [1.54, 1.807) is 25.3 Å². The van der Waals surface area contributed by atoms with Gasteiger partial charge in [-0.15, -0.1) is 0 Å². The zero-order chi connectivity index (χ0) is 14.1. The average Bonchev–Trinajstić information content (AvgIpc) is 2.85. The molecule has 0 saturated heterocycles. The number of hydrogen-bond acceptors (Lipinski definition) is 4. The molecule has 3 rings (SSSR count). The highest BCUT2D eigenvalue weighted by molar-refractivity contribution is 6.63. The summed E-state index contributed by atoms with van der Waals surface area (Å²) in [4.78, 5) is 0.